The summed E-state index contributed by atoms with van der Waals surface area (Å²) in [5, 5.41) is 13.3. The summed E-state index contributed by atoms with van der Waals surface area (Å²) < 4.78 is 5.25. The van der Waals surface area contributed by atoms with Crippen molar-refractivity contribution >= 4 is 16.7 Å². The van der Waals surface area contributed by atoms with Crippen LogP contribution in [0.25, 0.3) is 11.0 Å². The van der Waals surface area contributed by atoms with Crippen molar-refractivity contribution in [2.24, 2.45) is 5.16 Å². The lowest BCUT2D eigenvalue weighted by atomic mass is 10.0. The highest BCUT2D eigenvalue weighted by atomic mass is 16.4. The zero-order valence-corrected chi connectivity index (χ0v) is 10.5. The Bertz CT molecular complexity index is 835. The van der Waals surface area contributed by atoms with E-state index in [1.807, 2.05) is 30.3 Å². The summed E-state index contributed by atoms with van der Waals surface area (Å²) in [6.07, 6.45) is 0. The molecular weight excluding hydrogens is 254 g/mol. The Labute approximate surface area is 114 Å². The molecule has 1 N–H and O–H groups in total. The molecule has 0 unspecified atom stereocenters. The number of hydrogen-bond donors (Lipinski definition) is 1. The number of nitrogens with zero attached hydrogens (tertiary/aromatic N) is 1. The van der Waals surface area contributed by atoms with Crippen LogP contribution < -0.4 is 5.63 Å². The third kappa shape index (κ3) is 2.07. The van der Waals surface area contributed by atoms with Crippen molar-refractivity contribution in [3.8, 4) is 0 Å². The van der Waals surface area contributed by atoms with Crippen LogP contribution in [0.3, 0.4) is 0 Å². The first-order valence-electron chi connectivity index (χ1n) is 6.10. The van der Waals surface area contributed by atoms with Gasteiger partial charge in [-0.1, -0.05) is 53.7 Å². The molecule has 1 heterocycles. The van der Waals surface area contributed by atoms with Gasteiger partial charge < -0.3 is 9.62 Å². The molecule has 0 amide bonds. The molecule has 2 aromatic carbocycles. The first-order chi connectivity index (χ1) is 9.79. The summed E-state index contributed by atoms with van der Waals surface area (Å²) in [5.74, 6) is 0. The summed E-state index contributed by atoms with van der Waals surface area (Å²) >= 11 is 0. The average molecular weight is 265 g/mol. The van der Waals surface area contributed by atoms with Crippen molar-refractivity contribution in [3.63, 3.8) is 0 Å². The average Bonchev–Trinajstić information content (AvgIpc) is 2.49. The van der Waals surface area contributed by atoms with E-state index in [1.54, 1.807) is 30.3 Å². The summed E-state index contributed by atoms with van der Waals surface area (Å²) in [4.78, 5) is 12.0. The fourth-order valence-corrected chi connectivity index (χ4v) is 2.09. The van der Waals surface area contributed by atoms with Gasteiger partial charge in [0.25, 0.3) is 0 Å². The predicted molar refractivity (Wildman–Crippen MR) is 76.4 cm³/mol. The zero-order chi connectivity index (χ0) is 13.9. The second kappa shape index (κ2) is 5.01. The van der Waals surface area contributed by atoms with Crippen LogP contribution in [0, 0.1) is 0 Å². The molecule has 0 saturated carbocycles. The Morgan fingerprint density at radius 2 is 1.70 bits per heavy atom. The van der Waals surface area contributed by atoms with Crippen molar-refractivity contribution in [3.05, 3.63) is 82.2 Å². The van der Waals surface area contributed by atoms with Crippen molar-refractivity contribution in [1.29, 1.82) is 0 Å². The molecule has 0 aliphatic carbocycles. The van der Waals surface area contributed by atoms with Crippen LogP contribution in [0.5, 0.6) is 0 Å². The van der Waals surface area contributed by atoms with Crippen LogP contribution in [0.2, 0.25) is 0 Å². The van der Waals surface area contributed by atoms with Gasteiger partial charge in [0.1, 0.15) is 11.3 Å². The molecule has 0 atom stereocenters. The Balaban J connectivity index is 2.23. The van der Waals surface area contributed by atoms with Crippen molar-refractivity contribution in [2.45, 2.75) is 0 Å². The summed E-state index contributed by atoms with van der Waals surface area (Å²) in [6.45, 7) is 0. The molecule has 4 heteroatoms. The molecule has 0 saturated heterocycles. The van der Waals surface area contributed by atoms with E-state index < -0.39 is 5.63 Å². The Morgan fingerprint density at radius 3 is 2.45 bits per heavy atom. The summed E-state index contributed by atoms with van der Waals surface area (Å²) in [6, 6.07) is 17.9. The van der Waals surface area contributed by atoms with Gasteiger partial charge >= 0.3 is 5.63 Å². The van der Waals surface area contributed by atoms with Gasteiger partial charge in [0, 0.05) is 10.9 Å². The first-order valence-corrected chi connectivity index (χ1v) is 6.10. The molecule has 20 heavy (non-hydrogen) atoms. The fraction of sp³-hybridized carbons (Fsp3) is 0. The highest BCUT2D eigenvalue weighted by Gasteiger charge is 2.14. The number of oxime groups is 1. The fourth-order valence-electron chi connectivity index (χ4n) is 2.09. The first kappa shape index (κ1) is 12.2. The molecule has 0 fully saturated rings. The Morgan fingerprint density at radius 1 is 1.00 bits per heavy atom. The minimum absolute atomic E-state index is 0.199. The van der Waals surface area contributed by atoms with Gasteiger partial charge in [0.2, 0.25) is 0 Å². The Kier molecular flexibility index (Phi) is 3.05. The SMILES string of the molecule is O=c1oc2ccccc2cc1/C(=N\O)c1ccccc1. The molecule has 0 bridgehead atoms. The van der Waals surface area contributed by atoms with Crippen molar-refractivity contribution in [1.82, 2.24) is 0 Å². The number of rotatable bonds is 2. The number of para-hydroxylation sites is 1. The van der Waals surface area contributed by atoms with E-state index in [0.717, 1.165) is 5.39 Å². The predicted octanol–water partition coefficient (Wildman–Crippen LogP) is 3.02. The molecule has 3 aromatic rings. The van der Waals surface area contributed by atoms with Crippen molar-refractivity contribution in [2.75, 3.05) is 0 Å². The standard InChI is InChI=1S/C16H11NO3/c18-16-13(10-12-8-4-5-9-14(12)20-16)15(17-19)11-6-2-1-3-7-11/h1-10,19H/b17-15-. The second-order valence-electron chi connectivity index (χ2n) is 4.30. The van der Waals surface area contributed by atoms with Crippen LogP contribution in [-0.2, 0) is 0 Å². The van der Waals surface area contributed by atoms with E-state index >= 15 is 0 Å². The van der Waals surface area contributed by atoms with E-state index in [4.69, 9.17) is 4.42 Å². The van der Waals surface area contributed by atoms with E-state index in [-0.39, 0.29) is 11.3 Å². The lowest BCUT2D eigenvalue weighted by Crippen LogP contribution is -2.15. The number of fused-ring (bicyclic) bond motifs is 1. The molecule has 4 nitrogen and oxygen atoms in total. The summed E-state index contributed by atoms with van der Waals surface area (Å²) in [7, 11) is 0. The van der Waals surface area contributed by atoms with E-state index in [0.29, 0.717) is 11.1 Å². The smallest absolute Gasteiger partial charge is 0.345 e. The molecular formula is C16H11NO3. The maximum absolute atomic E-state index is 12.0. The molecule has 0 aliphatic rings. The van der Waals surface area contributed by atoms with E-state index in [9.17, 15) is 10.0 Å². The highest BCUT2D eigenvalue weighted by Crippen LogP contribution is 2.15. The number of hydrogen-bond acceptors (Lipinski definition) is 4. The maximum atomic E-state index is 12.0. The minimum Gasteiger partial charge on any atom is -0.422 e. The normalized spacial score (nSPS) is 11.7. The van der Waals surface area contributed by atoms with Gasteiger partial charge in [-0.25, -0.2) is 4.79 Å². The van der Waals surface area contributed by atoms with Crippen LogP contribution in [-0.4, -0.2) is 10.9 Å². The van der Waals surface area contributed by atoms with Gasteiger partial charge in [-0.3, -0.25) is 0 Å². The van der Waals surface area contributed by atoms with Gasteiger partial charge in [0.05, 0.1) is 5.56 Å². The van der Waals surface area contributed by atoms with Crippen LogP contribution in [0.15, 0.2) is 75.0 Å². The molecule has 0 aliphatic heterocycles. The monoisotopic (exact) mass is 265 g/mol. The molecule has 1 aromatic heterocycles. The largest absolute Gasteiger partial charge is 0.422 e. The molecule has 3 rings (SSSR count). The third-order valence-electron chi connectivity index (χ3n) is 3.04. The minimum atomic E-state index is -0.527. The maximum Gasteiger partial charge on any atom is 0.345 e. The van der Waals surface area contributed by atoms with Gasteiger partial charge in [-0.15, -0.1) is 0 Å². The van der Waals surface area contributed by atoms with E-state index in [2.05, 4.69) is 5.16 Å². The van der Waals surface area contributed by atoms with Crippen LogP contribution in [0.4, 0.5) is 0 Å². The lowest BCUT2D eigenvalue weighted by Gasteiger charge is -2.04. The van der Waals surface area contributed by atoms with Gasteiger partial charge in [0.15, 0.2) is 0 Å². The summed E-state index contributed by atoms with van der Waals surface area (Å²) in [5.41, 5.74) is 1.06. The quantitative estimate of drug-likeness (QED) is 0.335. The van der Waals surface area contributed by atoms with Gasteiger partial charge in [-0.2, -0.15) is 0 Å². The van der Waals surface area contributed by atoms with Crippen LogP contribution in [0.1, 0.15) is 11.1 Å². The highest BCUT2D eigenvalue weighted by molar-refractivity contribution is 6.13. The number of benzene rings is 2. The van der Waals surface area contributed by atoms with Gasteiger partial charge in [-0.05, 0) is 12.1 Å². The van der Waals surface area contributed by atoms with Crippen molar-refractivity contribution < 1.29 is 9.62 Å². The lowest BCUT2D eigenvalue weighted by molar-refractivity contribution is 0.319. The molecule has 0 spiro atoms. The molecule has 0 radical (unpaired) electrons. The second-order valence-corrected chi connectivity index (χ2v) is 4.30. The Hall–Kier alpha value is -2.88. The van der Waals surface area contributed by atoms with Crippen LogP contribution >= 0.6 is 0 Å². The zero-order valence-electron chi connectivity index (χ0n) is 10.5. The molecule has 98 valence electrons. The van der Waals surface area contributed by atoms with E-state index in [1.165, 1.54) is 0 Å². The topological polar surface area (TPSA) is 62.8 Å². The third-order valence-corrected chi connectivity index (χ3v) is 3.04.